The molecule has 0 fully saturated rings. The van der Waals surface area contributed by atoms with Gasteiger partial charge in [0.05, 0.1) is 18.5 Å². The molecule has 0 saturated heterocycles. The van der Waals surface area contributed by atoms with Crippen LogP contribution in [0.1, 0.15) is 11.3 Å². The van der Waals surface area contributed by atoms with Crippen LogP contribution in [-0.2, 0) is 11.4 Å². The molecule has 2 aromatic rings. The quantitative estimate of drug-likeness (QED) is 0.872. The van der Waals surface area contributed by atoms with Gasteiger partial charge in [0.25, 0.3) is 5.91 Å². The summed E-state index contributed by atoms with van der Waals surface area (Å²) in [6.07, 6.45) is 1.48. The first-order valence-electron chi connectivity index (χ1n) is 6.23. The highest BCUT2D eigenvalue weighted by molar-refractivity contribution is 5.92. The summed E-state index contributed by atoms with van der Waals surface area (Å²) in [7, 11) is 0. The van der Waals surface area contributed by atoms with Crippen LogP contribution in [0.5, 0.6) is 5.75 Å². The molecule has 0 unspecified atom stereocenters. The fraction of sp³-hybridized carbons (Fsp3) is 0.200. The Kier molecular flexibility index (Phi) is 4.68. The normalized spacial score (nSPS) is 10.1. The van der Waals surface area contributed by atoms with Crippen molar-refractivity contribution in [1.29, 1.82) is 0 Å². The van der Waals surface area contributed by atoms with E-state index in [1.807, 2.05) is 31.2 Å². The topological polar surface area (TPSA) is 71.5 Å². The molecular weight excluding hydrogens is 256 g/mol. The molecule has 5 nitrogen and oxygen atoms in total. The van der Waals surface area contributed by atoms with Crippen molar-refractivity contribution in [2.24, 2.45) is 0 Å². The molecule has 1 amide bonds. The number of nitrogens with zero attached hydrogens (tertiary/aromatic N) is 1. The van der Waals surface area contributed by atoms with E-state index in [9.17, 15) is 4.79 Å². The van der Waals surface area contributed by atoms with Gasteiger partial charge in [-0.15, -0.1) is 0 Å². The third-order valence-corrected chi connectivity index (χ3v) is 2.75. The van der Waals surface area contributed by atoms with Gasteiger partial charge in [-0.1, -0.05) is 18.2 Å². The number of rotatable bonds is 5. The molecule has 2 rings (SSSR count). The number of carbonyl (C=O) groups is 1. The molecule has 1 aromatic heterocycles. The van der Waals surface area contributed by atoms with Gasteiger partial charge in [-0.2, -0.15) is 0 Å². The molecule has 0 bridgehead atoms. The lowest BCUT2D eigenvalue weighted by molar-refractivity contribution is -0.118. The molecule has 5 heteroatoms. The minimum absolute atomic E-state index is 0.0888. The largest absolute Gasteiger partial charge is 0.482 e. The number of aliphatic hydroxyl groups excluding tert-OH is 1. The highest BCUT2D eigenvalue weighted by atomic mass is 16.5. The second-order valence-electron chi connectivity index (χ2n) is 4.30. The van der Waals surface area contributed by atoms with Gasteiger partial charge in [-0.05, 0) is 30.7 Å². The van der Waals surface area contributed by atoms with Crippen LogP contribution in [0.2, 0.25) is 0 Å². The fourth-order valence-corrected chi connectivity index (χ4v) is 1.64. The second kappa shape index (κ2) is 6.68. The van der Waals surface area contributed by atoms with E-state index in [2.05, 4.69) is 10.3 Å². The summed E-state index contributed by atoms with van der Waals surface area (Å²) in [5, 5.41) is 11.6. The highest BCUT2D eigenvalue weighted by Crippen LogP contribution is 2.13. The van der Waals surface area contributed by atoms with Gasteiger partial charge in [-0.3, -0.25) is 9.78 Å². The number of aliphatic hydroxyl groups is 1. The van der Waals surface area contributed by atoms with Crippen LogP contribution in [0, 0.1) is 6.92 Å². The monoisotopic (exact) mass is 272 g/mol. The number of pyridine rings is 1. The van der Waals surface area contributed by atoms with Gasteiger partial charge in [0.1, 0.15) is 5.75 Å². The molecule has 0 spiro atoms. The van der Waals surface area contributed by atoms with Gasteiger partial charge < -0.3 is 15.2 Å². The van der Waals surface area contributed by atoms with Crippen molar-refractivity contribution in [2.45, 2.75) is 13.5 Å². The van der Waals surface area contributed by atoms with Crippen molar-refractivity contribution in [2.75, 3.05) is 11.9 Å². The first-order valence-corrected chi connectivity index (χ1v) is 6.23. The minimum atomic E-state index is -0.231. The van der Waals surface area contributed by atoms with E-state index in [0.29, 0.717) is 11.4 Å². The van der Waals surface area contributed by atoms with E-state index in [-0.39, 0.29) is 19.1 Å². The van der Waals surface area contributed by atoms with Crippen molar-refractivity contribution < 1.29 is 14.6 Å². The van der Waals surface area contributed by atoms with Crippen LogP contribution in [0.4, 0.5) is 5.69 Å². The number of aromatic nitrogens is 1. The van der Waals surface area contributed by atoms with Crippen LogP contribution < -0.4 is 10.1 Å². The zero-order chi connectivity index (χ0) is 14.4. The average molecular weight is 272 g/mol. The van der Waals surface area contributed by atoms with Crippen molar-refractivity contribution in [3.8, 4) is 5.75 Å². The molecule has 0 aliphatic carbocycles. The molecule has 0 saturated carbocycles. The smallest absolute Gasteiger partial charge is 0.262 e. The Balaban J connectivity index is 1.87. The van der Waals surface area contributed by atoms with Crippen molar-refractivity contribution in [3.63, 3.8) is 0 Å². The van der Waals surface area contributed by atoms with Gasteiger partial charge in [0.2, 0.25) is 0 Å². The summed E-state index contributed by atoms with van der Waals surface area (Å²) in [4.78, 5) is 15.7. The standard InChI is InChI=1S/C15H16N2O3/c1-11-4-2-3-5-14(11)17-15(19)10-20-13-7-6-12(9-18)16-8-13/h2-8,18H,9-10H2,1H3,(H,17,19). The predicted molar refractivity (Wildman–Crippen MR) is 75.5 cm³/mol. The number of aryl methyl sites for hydroxylation is 1. The molecule has 104 valence electrons. The van der Waals surface area contributed by atoms with Crippen LogP contribution in [0.3, 0.4) is 0 Å². The van der Waals surface area contributed by atoms with Gasteiger partial charge in [0, 0.05) is 5.69 Å². The van der Waals surface area contributed by atoms with Crippen molar-refractivity contribution >= 4 is 11.6 Å². The molecule has 2 N–H and O–H groups in total. The number of carbonyl (C=O) groups excluding carboxylic acids is 1. The summed E-state index contributed by atoms with van der Waals surface area (Å²) >= 11 is 0. The summed E-state index contributed by atoms with van der Waals surface area (Å²) in [5.74, 6) is 0.257. The number of anilines is 1. The van der Waals surface area contributed by atoms with E-state index in [0.717, 1.165) is 11.3 Å². The third kappa shape index (κ3) is 3.80. The maximum atomic E-state index is 11.8. The van der Waals surface area contributed by atoms with Crippen LogP contribution in [-0.4, -0.2) is 22.6 Å². The summed E-state index contributed by atoms with van der Waals surface area (Å²) < 4.78 is 5.32. The SMILES string of the molecule is Cc1ccccc1NC(=O)COc1ccc(CO)nc1. The van der Waals surface area contributed by atoms with Crippen LogP contribution in [0.25, 0.3) is 0 Å². The zero-order valence-corrected chi connectivity index (χ0v) is 11.2. The maximum absolute atomic E-state index is 11.8. The van der Waals surface area contributed by atoms with Crippen molar-refractivity contribution in [1.82, 2.24) is 4.98 Å². The number of ether oxygens (including phenoxy) is 1. The highest BCUT2D eigenvalue weighted by Gasteiger charge is 2.05. The summed E-state index contributed by atoms with van der Waals surface area (Å²) in [6, 6.07) is 10.9. The van der Waals surface area contributed by atoms with Crippen molar-refractivity contribution in [3.05, 3.63) is 53.9 Å². The Bertz CT molecular complexity index is 582. The Morgan fingerprint density at radius 3 is 2.75 bits per heavy atom. The number of para-hydroxylation sites is 1. The third-order valence-electron chi connectivity index (χ3n) is 2.75. The maximum Gasteiger partial charge on any atom is 0.262 e. The molecule has 0 atom stereocenters. The Labute approximate surface area is 117 Å². The Morgan fingerprint density at radius 1 is 1.30 bits per heavy atom. The first kappa shape index (κ1) is 14.0. The molecule has 1 heterocycles. The van der Waals surface area contributed by atoms with E-state index < -0.39 is 0 Å². The Hall–Kier alpha value is -2.40. The average Bonchev–Trinajstić information content (AvgIpc) is 2.48. The lowest BCUT2D eigenvalue weighted by atomic mass is 10.2. The number of nitrogens with one attached hydrogen (secondary N) is 1. The zero-order valence-electron chi connectivity index (χ0n) is 11.2. The molecule has 0 radical (unpaired) electrons. The first-order chi connectivity index (χ1) is 9.69. The van der Waals surface area contributed by atoms with E-state index in [1.54, 1.807) is 12.1 Å². The predicted octanol–water partition coefficient (Wildman–Crippen LogP) is 1.90. The second-order valence-corrected chi connectivity index (χ2v) is 4.30. The molecule has 0 aliphatic heterocycles. The summed E-state index contributed by atoms with van der Waals surface area (Å²) in [5.41, 5.74) is 2.33. The number of hydrogen-bond donors (Lipinski definition) is 2. The number of hydrogen-bond acceptors (Lipinski definition) is 4. The lowest BCUT2D eigenvalue weighted by Crippen LogP contribution is -2.20. The minimum Gasteiger partial charge on any atom is -0.482 e. The van der Waals surface area contributed by atoms with Crippen LogP contribution in [0.15, 0.2) is 42.6 Å². The van der Waals surface area contributed by atoms with Gasteiger partial charge >= 0.3 is 0 Å². The number of benzene rings is 1. The van der Waals surface area contributed by atoms with E-state index in [1.165, 1.54) is 6.20 Å². The van der Waals surface area contributed by atoms with E-state index in [4.69, 9.17) is 9.84 Å². The molecular formula is C15H16N2O3. The molecule has 20 heavy (non-hydrogen) atoms. The lowest BCUT2D eigenvalue weighted by Gasteiger charge is -2.09. The Morgan fingerprint density at radius 2 is 2.10 bits per heavy atom. The van der Waals surface area contributed by atoms with E-state index >= 15 is 0 Å². The summed E-state index contributed by atoms with van der Waals surface area (Å²) in [6.45, 7) is 1.72. The number of amides is 1. The van der Waals surface area contributed by atoms with Crippen LogP contribution >= 0.6 is 0 Å². The fourth-order valence-electron chi connectivity index (χ4n) is 1.64. The van der Waals surface area contributed by atoms with Gasteiger partial charge in [-0.25, -0.2) is 0 Å². The molecule has 1 aromatic carbocycles. The molecule has 0 aliphatic rings. The van der Waals surface area contributed by atoms with Gasteiger partial charge in [0.15, 0.2) is 6.61 Å².